The molecule has 1 rings (SSSR count). The molecule has 15 heavy (non-hydrogen) atoms. The zero-order valence-electron chi connectivity index (χ0n) is 9.28. The third kappa shape index (κ3) is 4.59. The highest BCUT2D eigenvalue weighted by Gasteiger charge is 1.92. The molecule has 0 N–H and O–H groups in total. The van der Waals surface area contributed by atoms with E-state index < -0.39 is 0 Å². The fraction of sp³-hybridized carbons (Fsp3) is 0.357. The van der Waals surface area contributed by atoms with Crippen molar-refractivity contribution in [1.29, 1.82) is 0 Å². The summed E-state index contributed by atoms with van der Waals surface area (Å²) in [6, 6.07) is 8.39. The molecule has 1 aromatic rings. The van der Waals surface area contributed by atoms with Gasteiger partial charge in [0.2, 0.25) is 0 Å². The van der Waals surface area contributed by atoms with E-state index in [9.17, 15) is 4.79 Å². The number of carbonyl (C=O) groups is 1. The van der Waals surface area contributed by atoms with Crippen LogP contribution in [-0.2, 0) is 11.2 Å². The summed E-state index contributed by atoms with van der Waals surface area (Å²) in [7, 11) is 0. The molecule has 0 heterocycles. The summed E-state index contributed by atoms with van der Waals surface area (Å²) < 4.78 is 0. The van der Waals surface area contributed by atoms with Crippen molar-refractivity contribution in [2.75, 3.05) is 0 Å². The highest BCUT2D eigenvalue weighted by molar-refractivity contribution is 5.73. The first-order valence-electron chi connectivity index (χ1n) is 5.57. The largest absolute Gasteiger partial charge is 0.299 e. The van der Waals surface area contributed by atoms with Gasteiger partial charge in [0.1, 0.15) is 6.29 Å². The Morgan fingerprint density at radius 2 is 1.87 bits per heavy atom. The predicted molar refractivity (Wildman–Crippen MR) is 64.8 cm³/mol. The number of carbonyl (C=O) groups excluding carboxylic acids is 1. The first-order chi connectivity index (χ1) is 7.36. The quantitative estimate of drug-likeness (QED) is 0.391. The second kappa shape index (κ2) is 6.99. The molecule has 80 valence electrons. The Balaban J connectivity index is 2.48. The topological polar surface area (TPSA) is 17.1 Å². The molecular weight excluding hydrogens is 184 g/mol. The van der Waals surface area contributed by atoms with Gasteiger partial charge in [0.05, 0.1) is 0 Å². The molecule has 0 atom stereocenters. The molecule has 0 fully saturated rings. The molecule has 0 aromatic heterocycles. The van der Waals surface area contributed by atoms with Crippen molar-refractivity contribution in [3.05, 3.63) is 41.5 Å². The Hall–Kier alpha value is -1.37. The third-order valence-corrected chi connectivity index (χ3v) is 2.42. The Kier molecular flexibility index (Phi) is 5.46. The van der Waals surface area contributed by atoms with E-state index >= 15 is 0 Å². The van der Waals surface area contributed by atoms with E-state index in [1.165, 1.54) is 30.9 Å². The van der Waals surface area contributed by atoms with Crippen LogP contribution in [0.2, 0.25) is 0 Å². The van der Waals surface area contributed by atoms with Gasteiger partial charge in [-0.3, -0.25) is 4.79 Å². The van der Waals surface area contributed by atoms with Crippen LogP contribution < -0.4 is 0 Å². The van der Waals surface area contributed by atoms with Crippen molar-refractivity contribution in [3.8, 4) is 0 Å². The molecule has 0 unspecified atom stereocenters. The lowest BCUT2D eigenvalue weighted by atomic mass is 10.1. The average Bonchev–Trinajstić information content (AvgIpc) is 2.28. The van der Waals surface area contributed by atoms with E-state index in [0.29, 0.717) is 0 Å². The first kappa shape index (κ1) is 11.7. The molecule has 1 nitrogen and oxygen atoms in total. The Labute approximate surface area is 91.8 Å². The summed E-state index contributed by atoms with van der Waals surface area (Å²) in [5.41, 5.74) is 2.47. The van der Waals surface area contributed by atoms with Gasteiger partial charge in [0.15, 0.2) is 0 Å². The van der Waals surface area contributed by atoms with Crippen LogP contribution in [0.3, 0.4) is 0 Å². The standard InChI is InChI=1S/C14H18O/c1-2-3-4-6-13-8-10-14(11-9-13)7-5-12-15/h5,7-12H,2-4,6H2,1H3/b7-5+. The van der Waals surface area contributed by atoms with Gasteiger partial charge in [-0.15, -0.1) is 0 Å². The SMILES string of the molecule is CCCCCc1ccc(/C=C/C=O)cc1. The molecular formula is C14H18O. The van der Waals surface area contributed by atoms with E-state index in [0.717, 1.165) is 18.3 Å². The predicted octanol–water partition coefficient (Wildman–Crippen LogP) is 3.63. The number of hydrogen-bond acceptors (Lipinski definition) is 1. The molecule has 1 heteroatoms. The van der Waals surface area contributed by atoms with Crippen LogP contribution in [-0.4, -0.2) is 6.29 Å². The van der Waals surface area contributed by atoms with Crippen LogP contribution in [0.5, 0.6) is 0 Å². The van der Waals surface area contributed by atoms with Crippen molar-refractivity contribution in [2.45, 2.75) is 32.6 Å². The molecule has 0 aliphatic carbocycles. The van der Waals surface area contributed by atoms with Crippen LogP contribution in [0.4, 0.5) is 0 Å². The Morgan fingerprint density at radius 1 is 1.13 bits per heavy atom. The average molecular weight is 202 g/mol. The lowest BCUT2D eigenvalue weighted by Gasteiger charge is -2.00. The van der Waals surface area contributed by atoms with Crippen molar-refractivity contribution in [3.63, 3.8) is 0 Å². The maximum atomic E-state index is 10.1. The lowest BCUT2D eigenvalue weighted by Crippen LogP contribution is -1.85. The molecule has 0 amide bonds. The van der Waals surface area contributed by atoms with Gasteiger partial charge in [-0.1, -0.05) is 50.1 Å². The normalized spacial score (nSPS) is 10.7. The van der Waals surface area contributed by atoms with Crippen LogP contribution in [0.15, 0.2) is 30.3 Å². The van der Waals surface area contributed by atoms with Crippen molar-refractivity contribution in [1.82, 2.24) is 0 Å². The minimum atomic E-state index is 0.801. The number of aryl methyl sites for hydroxylation is 1. The molecule has 0 spiro atoms. The van der Waals surface area contributed by atoms with Gasteiger partial charge >= 0.3 is 0 Å². The minimum Gasteiger partial charge on any atom is -0.299 e. The van der Waals surface area contributed by atoms with Crippen LogP contribution >= 0.6 is 0 Å². The molecule has 0 aliphatic rings. The van der Waals surface area contributed by atoms with E-state index in [1.54, 1.807) is 0 Å². The maximum Gasteiger partial charge on any atom is 0.142 e. The van der Waals surface area contributed by atoms with Crippen molar-refractivity contribution < 1.29 is 4.79 Å². The lowest BCUT2D eigenvalue weighted by molar-refractivity contribution is -0.104. The number of hydrogen-bond donors (Lipinski definition) is 0. The van der Waals surface area contributed by atoms with Gasteiger partial charge in [0, 0.05) is 0 Å². The van der Waals surface area contributed by atoms with E-state index in [1.807, 2.05) is 6.08 Å². The summed E-state index contributed by atoms with van der Waals surface area (Å²) in [5.74, 6) is 0. The summed E-state index contributed by atoms with van der Waals surface area (Å²) in [6.07, 6.45) is 9.13. The smallest absolute Gasteiger partial charge is 0.142 e. The molecule has 0 radical (unpaired) electrons. The van der Waals surface area contributed by atoms with Crippen LogP contribution in [0.1, 0.15) is 37.3 Å². The second-order valence-corrected chi connectivity index (χ2v) is 3.69. The summed E-state index contributed by atoms with van der Waals surface area (Å²) in [4.78, 5) is 10.1. The van der Waals surface area contributed by atoms with Crippen molar-refractivity contribution >= 4 is 12.4 Å². The van der Waals surface area contributed by atoms with E-state index in [2.05, 4.69) is 31.2 Å². The Bertz CT molecular complexity index is 309. The number of allylic oxidation sites excluding steroid dienone is 1. The highest BCUT2D eigenvalue weighted by Crippen LogP contribution is 2.09. The Morgan fingerprint density at radius 3 is 2.47 bits per heavy atom. The molecule has 0 aliphatic heterocycles. The number of unbranched alkanes of at least 4 members (excludes halogenated alkanes) is 2. The molecule has 0 bridgehead atoms. The van der Waals surface area contributed by atoms with Gasteiger partial charge in [-0.05, 0) is 30.0 Å². The third-order valence-electron chi connectivity index (χ3n) is 2.42. The number of rotatable bonds is 6. The first-order valence-corrected chi connectivity index (χ1v) is 5.57. The molecule has 0 saturated carbocycles. The van der Waals surface area contributed by atoms with Gasteiger partial charge in [-0.2, -0.15) is 0 Å². The fourth-order valence-electron chi connectivity index (χ4n) is 1.52. The van der Waals surface area contributed by atoms with Gasteiger partial charge in [-0.25, -0.2) is 0 Å². The highest BCUT2D eigenvalue weighted by atomic mass is 16.1. The monoisotopic (exact) mass is 202 g/mol. The van der Waals surface area contributed by atoms with E-state index in [-0.39, 0.29) is 0 Å². The fourth-order valence-corrected chi connectivity index (χ4v) is 1.52. The van der Waals surface area contributed by atoms with Crippen LogP contribution in [0.25, 0.3) is 6.08 Å². The minimum absolute atomic E-state index is 0.801. The van der Waals surface area contributed by atoms with Gasteiger partial charge < -0.3 is 0 Å². The summed E-state index contributed by atoms with van der Waals surface area (Å²) in [6.45, 7) is 2.22. The zero-order chi connectivity index (χ0) is 10.9. The molecule has 1 aromatic carbocycles. The summed E-state index contributed by atoms with van der Waals surface area (Å²) in [5, 5.41) is 0. The van der Waals surface area contributed by atoms with Gasteiger partial charge in [0.25, 0.3) is 0 Å². The van der Waals surface area contributed by atoms with Crippen molar-refractivity contribution in [2.24, 2.45) is 0 Å². The second-order valence-electron chi connectivity index (χ2n) is 3.69. The number of aldehydes is 1. The maximum absolute atomic E-state index is 10.1. The molecule has 0 saturated heterocycles. The number of benzene rings is 1. The van der Waals surface area contributed by atoms with E-state index in [4.69, 9.17) is 0 Å². The zero-order valence-corrected chi connectivity index (χ0v) is 9.28. The van der Waals surface area contributed by atoms with Crippen LogP contribution in [0, 0.1) is 0 Å². The summed E-state index contributed by atoms with van der Waals surface area (Å²) >= 11 is 0.